The predicted molar refractivity (Wildman–Crippen MR) is 319 cm³/mol. The van der Waals surface area contributed by atoms with Crippen molar-refractivity contribution >= 4 is 79.3 Å². The van der Waals surface area contributed by atoms with Crippen molar-refractivity contribution in [1.82, 2.24) is 38.9 Å². The fraction of sp³-hybridized carbons (Fsp3) is 0.419. The summed E-state index contributed by atoms with van der Waals surface area (Å²) in [5.41, 5.74) is 3.00. The van der Waals surface area contributed by atoms with Gasteiger partial charge < -0.3 is 29.1 Å². The maximum Gasteiger partial charge on any atom is 0.497 e. The van der Waals surface area contributed by atoms with E-state index in [0.717, 1.165) is 96.6 Å². The lowest BCUT2D eigenvalue weighted by Crippen LogP contribution is -2.45. The molecule has 8 aromatic rings. The molecule has 6 aliphatic carbocycles. The van der Waals surface area contributed by atoms with E-state index in [1.807, 2.05) is 41.5 Å². The second-order valence-corrected chi connectivity index (χ2v) is 27.4. The van der Waals surface area contributed by atoms with Crippen molar-refractivity contribution in [2.75, 3.05) is 0 Å². The number of H-pyrrole nitrogens is 1. The van der Waals surface area contributed by atoms with Crippen molar-refractivity contribution in [1.29, 1.82) is 0 Å². The molecule has 0 spiro atoms. The Balaban J connectivity index is 0.000000146. The Morgan fingerprint density at radius 3 is 1.70 bits per heavy atom. The van der Waals surface area contributed by atoms with E-state index in [-0.39, 0.29) is 91.7 Å². The van der Waals surface area contributed by atoms with Crippen molar-refractivity contribution in [3.63, 3.8) is 0 Å². The van der Waals surface area contributed by atoms with Gasteiger partial charge >= 0.3 is 19.1 Å². The summed E-state index contributed by atoms with van der Waals surface area (Å²) in [5.74, 6) is -4.24. The van der Waals surface area contributed by atoms with Crippen LogP contribution in [-0.2, 0) is 52.8 Å². The van der Waals surface area contributed by atoms with Gasteiger partial charge in [-0.2, -0.15) is 0 Å². The van der Waals surface area contributed by atoms with Crippen LogP contribution < -0.4 is 5.46 Å². The van der Waals surface area contributed by atoms with E-state index in [1.54, 1.807) is 42.6 Å². The molecule has 4 bridgehead atoms. The number of nitrogens with zero attached hydrogens (tertiary/aromatic N) is 7. The minimum atomic E-state index is -4.11. The average molecular weight is 1270 g/mol. The molecule has 2 aromatic carbocycles. The van der Waals surface area contributed by atoms with Gasteiger partial charge in [0.15, 0.2) is 23.1 Å². The number of benzene rings is 2. The molecule has 26 heteroatoms. The molecular weight excluding hydrogens is 1200 g/mol. The number of aromatic nitrogens is 8. The number of rotatable bonds is 11. The monoisotopic (exact) mass is 1270 g/mol. The summed E-state index contributed by atoms with van der Waals surface area (Å²) in [6, 6.07) is 15.6. The lowest BCUT2D eigenvalue weighted by molar-refractivity contribution is -0.153. The highest BCUT2D eigenvalue weighted by molar-refractivity contribution is 7.90. The third-order valence-corrected chi connectivity index (χ3v) is 21.0. The Labute approximate surface area is 513 Å². The Hall–Kier alpha value is -7.03. The van der Waals surface area contributed by atoms with Crippen molar-refractivity contribution in [2.45, 2.75) is 127 Å². The molecule has 7 aliphatic rings. The number of halogens is 5. The largest absolute Gasteiger partial charge is 0.768 e. The topological polar surface area (TPSA) is 265 Å². The molecule has 5 atom stereocenters. The van der Waals surface area contributed by atoms with Crippen molar-refractivity contribution in [3.8, 4) is 11.4 Å². The van der Waals surface area contributed by atoms with E-state index in [9.17, 15) is 54.5 Å². The normalized spacial score (nSPS) is 23.5. The zero-order valence-electron chi connectivity index (χ0n) is 49.0. The second-order valence-electron chi connectivity index (χ2n) is 24.3. The van der Waals surface area contributed by atoms with Crippen LogP contribution in [0, 0.1) is 84.5 Å². The van der Waals surface area contributed by atoms with Crippen molar-refractivity contribution < 1.29 is 63.9 Å². The quantitative estimate of drug-likeness (QED) is 0.0470. The predicted octanol–water partition coefficient (Wildman–Crippen LogP) is 11.2. The number of fused-ring (bicyclic) bond motifs is 8. The molecule has 7 heterocycles. The molecule has 464 valence electrons. The summed E-state index contributed by atoms with van der Waals surface area (Å²) in [7, 11) is -4.62. The van der Waals surface area contributed by atoms with E-state index in [4.69, 9.17) is 20.9 Å². The third-order valence-electron chi connectivity index (χ3n) is 18.5. The standard InChI is InChI=1S/C28H26F2N4O4S.C14H16ClFN2O2.C13H16BFN2O2.C7H8O2S/c1-15-2-8-19(9-3-15)39(37,38)34-14-22(21-10-18(29)12-32-27(21)34)26-31-13-23(30)24(33-26)11-20-16-4-6-17(7-5-16)25(20)28(35)36;15-14-17-6-10(16)11(18-14)5-9-7-1-3-8(4-2-7)12(9)13(19)20;1-12(2)13(3,4)19-14(18-12)10-7-17-11-9(10)5-8(15)6-16-11;1-6-2-4-7(5-3-6)10(8)9/h2-3,8-10,12-14,16-17,20,25H,4-7,11H2,1H3,(H,35,36);6-9,12H,1-5H2,(H,19,20);5-7H,1-4H3,(H,16,17);2-5H,1H3,(H,8,9)/p-1/t16?,17?,20-,25-;7?,8?,9-,12-;;/m00../s1. The number of hydrogen-bond donors (Lipinski definition) is 3. The van der Waals surface area contributed by atoms with Gasteiger partial charge in [0.2, 0.25) is 5.28 Å². The van der Waals surface area contributed by atoms with Crippen LogP contribution in [0.25, 0.3) is 33.5 Å². The summed E-state index contributed by atoms with van der Waals surface area (Å²) >= 11 is 3.62. The van der Waals surface area contributed by atoms with Crippen LogP contribution in [0.5, 0.6) is 0 Å². The molecule has 1 unspecified atom stereocenters. The first-order valence-corrected chi connectivity index (χ1v) is 31.9. The number of aliphatic carboxylic acids is 2. The first-order chi connectivity index (χ1) is 41.7. The van der Waals surface area contributed by atoms with E-state index in [0.29, 0.717) is 28.3 Å². The molecule has 1 saturated heterocycles. The molecule has 1 aliphatic heterocycles. The number of carbonyl (C=O) groups is 2. The number of carboxylic acids is 2. The SMILES string of the molecule is CC1(C)OB(c2c[nH]c3ncc(F)cc23)OC1(C)C.Cc1ccc(S(=O)(=O)n2cc(-c3ncc(F)c(C[C@H]4C5CCC(CC5)[C@@H]4C(=O)O)n3)c3cc(F)cnc32)cc1.Cc1ccc(S(=O)[O-])cc1.O=C(O)[C@H]1C2CCC(CC2)[C@@H]1Cc1nc(Cl)ncc1F. The number of pyridine rings is 2. The summed E-state index contributed by atoms with van der Waals surface area (Å²) in [4.78, 5) is 51.1. The maximum absolute atomic E-state index is 15.0. The summed E-state index contributed by atoms with van der Waals surface area (Å²) in [5, 5.41) is 20.3. The molecule has 6 aromatic heterocycles. The molecule has 0 radical (unpaired) electrons. The number of nitrogens with one attached hydrogen (secondary N) is 1. The molecule has 7 fully saturated rings. The fourth-order valence-electron chi connectivity index (χ4n) is 13.2. The Morgan fingerprint density at radius 1 is 0.705 bits per heavy atom. The molecule has 3 N–H and O–H groups in total. The minimum Gasteiger partial charge on any atom is -0.768 e. The van der Waals surface area contributed by atoms with Crippen molar-refractivity contribution in [3.05, 3.63) is 149 Å². The van der Waals surface area contributed by atoms with Crippen LogP contribution in [0.4, 0.5) is 17.6 Å². The second kappa shape index (κ2) is 25.8. The lowest BCUT2D eigenvalue weighted by atomic mass is 9.57. The summed E-state index contributed by atoms with van der Waals surface area (Å²) in [6.45, 7) is 11.7. The average Bonchev–Trinajstić information content (AvgIpc) is 2.76. The van der Waals surface area contributed by atoms with E-state index < -0.39 is 74.7 Å². The number of aromatic amines is 1. The van der Waals surface area contributed by atoms with Gasteiger partial charge in [-0.15, -0.1) is 0 Å². The maximum atomic E-state index is 15.0. The zero-order chi connectivity index (χ0) is 63.1. The Bertz CT molecular complexity index is 4020. The molecule has 15 rings (SSSR count). The van der Waals surface area contributed by atoms with Gasteiger partial charge in [-0.1, -0.05) is 35.4 Å². The van der Waals surface area contributed by atoms with Crippen LogP contribution in [-0.4, -0.2) is 96.5 Å². The van der Waals surface area contributed by atoms with Crippen LogP contribution in [0.1, 0.15) is 102 Å². The van der Waals surface area contributed by atoms with Gasteiger partial charge in [-0.3, -0.25) is 13.8 Å². The van der Waals surface area contributed by atoms with Gasteiger partial charge in [0, 0.05) is 39.1 Å². The van der Waals surface area contributed by atoms with E-state index in [2.05, 4.69) is 34.9 Å². The smallest absolute Gasteiger partial charge is 0.497 e. The first-order valence-electron chi connectivity index (χ1n) is 29.0. The minimum absolute atomic E-state index is 0.00856. The first kappa shape index (κ1) is 64.0. The van der Waals surface area contributed by atoms with Crippen molar-refractivity contribution in [2.24, 2.45) is 47.3 Å². The van der Waals surface area contributed by atoms with E-state index in [1.165, 1.54) is 30.6 Å². The van der Waals surface area contributed by atoms with Crippen LogP contribution in [0.3, 0.4) is 0 Å². The molecular formula is C62H65BClF4N8O10S2-. The highest BCUT2D eigenvalue weighted by atomic mass is 35.5. The fourth-order valence-corrected chi connectivity index (χ4v) is 15.0. The van der Waals surface area contributed by atoms with Crippen LogP contribution in [0.15, 0.2) is 108 Å². The summed E-state index contributed by atoms with van der Waals surface area (Å²) < 4.78 is 117. The molecule has 18 nitrogen and oxygen atoms in total. The molecule has 6 saturated carbocycles. The van der Waals surface area contributed by atoms with Gasteiger partial charge in [-0.25, -0.2) is 59.9 Å². The molecule has 88 heavy (non-hydrogen) atoms. The number of carboxylic acid groups (broad SMARTS) is 2. The van der Waals surface area contributed by atoms with Crippen LogP contribution >= 0.6 is 11.6 Å². The van der Waals surface area contributed by atoms with Gasteiger partial charge in [0.25, 0.3) is 10.0 Å². The van der Waals surface area contributed by atoms with E-state index >= 15 is 0 Å². The third kappa shape index (κ3) is 13.4. The highest BCUT2D eigenvalue weighted by Crippen LogP contribution is 2.51. The van der Waals surface area contributed by atoms with Crippen LogP contribution in [0.2, 0.25) is 5.28 Å². The number of hydrogen-bond acceptors (Lipinski definition) is 14. The zero-order valence-corrected chi connectivity index (χ0v) is 51.4. The lowest BCUT2D eigenvalue weighted by Gasteiger charge is -2.46. The van der Waals surface area contributed by atoms with Gasteiger partial charge in [0.1, 0.15) is 17.3 Å². The Kier molecular flexibility index (Phi) is 18.8. The molecule has 0 amide bonds. The summed E-state index contributed by atoms with van der Waals surface area (Å²) in [6.07, 6.45) is 15.3. The van der Waals surface area contributed by atoms with Gasteiger partial charge in [0.05, 0.1) is 64.1 Å². The highest BCUT2D eigenvalue weighted by Gasteiger charge is 2.53. The number of aryl methyl sites for hydroxylation is 2. The van der Waals surface area contributed by atoms with Gasteiger partial charge in [-0.05, 0) is 200 Å². The Morgan fingerprint density at radius 2 is 1.18 bits per heavy atom.